The molecule has 126 valence electrons. The highest BCUT2D eigenvalue weighted by atomic mass is 32.2. The lowest BCUT2D eigenvalue weighted by atomic mass is 10.2. The molecule has 23 heavy (non-hydrogen) atoms. The normalized spacial score (nSPS) is 22.7. The van der Waals surface area contributed by atoms with Gasteiger partial charge in [0.2, 0.25) is 15.9 Å². The molecule has 2 aliphatic rings. The summed E-state index contributed by atoms with van der Waals surface area (Å²) in [5, 5.41) is 0. The number of amides is 1. The molecule has 1 saturated heterocycles. The van der Waals surface area contributed by atoms with Gasteiger partial charge in [-0.2, -0.15) is 13.2 Å². The average molecular weight is 348 g/mol. The lowest BCUT2D eigenvalue weighted by Gasteiger charge is -2.16. The van der Waals surface area contributed by atoms with Gasteiger partial charge in [-0.1, -0.05) is 0 Å². The summed E-state index contributed by atoms with van der Waals surface area (Å²) in [6.45, 7) is 0.309. The van der Waals surface area contributed by atoms with Gasteiger partial charge in [0.1, 0.15) is 0 Å². The van der Waals surface area contributed by atoms with Crippen molar-refractivity contribution in [3.05, 3.63) is 29.8 Å². The minimum Gasteiger partial charge on any atom is -0.338 e. The molecule has 1 N–H and O–H groups in total. The van der Waals surface area contributed by atoms with Crippen LogP contribution in [0.1, 0.15) is 24.8 Å². The highest BCUT2D eigenvalue weighted by Gasteiger charge is 2.40. The van der Waals surface area contributed by atoms with E-state index in [0.29, 0.717) is 6.54 Å². The van der Waals surface area contributed by atoms with Gasteiger partial charge < -0.3 is 4.90 Å². The van der Waals surface area contributed by atoms with Crippen LogP contribution in [-0.4, -0.2) is 37.9 Å². The highest BCUT2D eigenvalue weighted by Crippen LogP contribution is 2.32. The number of hydrogen-bond donors (Lipinski definition) is 1. The van der Waals surface area contributed by atoms with E-state index in [1.54, 1.807) is 4.90 Å². The number of likely N-dealkylation sites (tertiary alicyclic amines) is 1. The third-order valence-electron chi connectivity index (χ3n) is 3.96. The third kappa shape index (κ3) is 3.50. The molecule has 3 rings (SSSR count). The number of nitrogens with zero attached hydrogens (tertiary/aromatic N) is 1. The Labute approximate surface area is 131 Å². The minimum atomic E-state index is -4.52. The maximum atomic E-state index is 12.5. The third-order valence-corrected chi connectivity index (χ3v) is 5.50. The fourth-order valence-electron chi connectivity index (χ4n) is 2.66. The molecule has 1 amide bonds. The second-order valence-corrected chi connectivity index (χ2v) is 7.54. The maximum Gasteiger partial charge on any atom is 0.416 e. The number of nitrogens with one attached hydrogen (secondary N) is 1. The fourth-order valence-corrected chi connectivity index (χ4v) is 3.89. The summed E-state index contributed by atoms with van der Waals surface area (Å²) in [6, 6.07) is 2.95. The predicted octanol–water partition coefficient (Wildman–Crippen LogP) is 1.75. The first-order valence-corrected chi connectivity index (χ1v) is 8.64. The first kappa shape index (κ1) is 16.3. The SMILES string of the molecule is O=C1C[C@H](NS(=O)(=O)c2ccc(C(F)(F)F)cc2)CN1C1CC1. The van der Waals surface area contributed by atoms with Crippen molar-refractivity contribution in [1.29, 1.82) is 0 Å². The van der Waals surface area contributed by atoms with E-state index >= 15 is 0 Å². The number of hydrogen-bond acceptors (Lipinski definition) is 3. The molecule has 1 aromatic carbocycles. The quantitative estimate of drug-likeness (QED) is 0.901. The first-order valence-electron chi connectivity index (χ1n) is 7.16. The number of rotatable bonds is 4. The van der Waals surface area contributed by atoms with E-state index in [1.165, 1.54) is 0 Å². The molecule has 5 nitrogen and oxygen atoms in total. The molecule has 0 spiro atoms. The van der Waals surface area contributed by atoms with E-state index < -0.39 is 27.8 Å². The molecule has 0 aromatic heterocycles. The second kappa shape index (κ2) is 5.48. The molecule has 9 heteroatoms. The Kier molecular flexibility index (Phi) is 3.88. The Hall–Kier alpha value is -1.61. The zero-order valence-electron chi connectivity index (χ0n) is 12.0. The summed E-state index contributed by atoms with van der Waals surface area (Å²) in [5.74, 6) is -0.0902. The Bertz CT molecular complexity index is 712. The van der Waals surface area contributed by atoms with Crippen LogP contribution < -0.4 is 4.72 Å². The van der Waals surface area contributed by atoms with Gasteiger partial charge in [-0.25, -0.2) is 13.1 Å². The maximum absolute atomic E-state index is 12.5. The lowest BCUT2D eigenvalue weighted by molar-refractivity contribution is -0.137. The molecule has 1 atom stereocenters. The monoisotopic (exact) mass is 348 g/mol. The summed E-state index contributed by atoms with van der Waals surface area (Å²) >= 11 is 0. The first-order chi connectivity index (χ1) is 10.7. The Morgan fingerprint density at radius 2 is 1.74 bits per heavy atom. The molecule has 1 saturated carbocycles. The van der Waals surface area contributed by atoms with Crippen molar-refractivity contribution >= 4 is 15.9 Å². The summed E-state index contributed by atoms with van der Waals surface area (Å²) < 4.78 is 64.4. The van der Waals surface area contributed by atoms with E-state index in [0.717, 1.165) is 37.1 Å². The van der Waals surface area contributed by atoms with Crippen molar-refractivity contribution in [1.82, 2.24) is 9.62 Å². The molecule has 2 fully saturated rings. The lowest BCUT2D eigenvalue weighted by Crippen LogP contribution is -2.37. The zero-order valence-corrected chi connectivity index (χ0v) is 12.8. The van der Waals surface area contributed by atoms with Crippen molar-refractivity contribution < 1.29 is 26.4 Å². The number of alkyl halides is 3. The van der Waals surface area contributed by atoms with Crippen LogP contribution in [0.25, 0.3) is 0 Å². The summed E-state index contributed by atoms with van der Waals surface area (Å²) in [7, 11) is -3.95. The summed E-state index contributed by atoms with van der Waals surface area (Å²) in [6.07, 6.45) is -2.57. The largest absolute Gasteiger partial charge is 0.416 e. The van der Waals surface area contributed by atoms with Gasteiger partial charge in [-0.3, -0.25) is 4.79 Å². The number of carbonyl (C=O) groups excluding carboxylic acids is 1. The second-order valence-electron chi connectivity index (χ2n) is 5.82. The number of carbonyl (C=O) groups is 1. The van der Waals surface area contributed by atoms with Gasteiger partial charge in [0.05, 0.1) is 10.5 Å². The van der Waals surface area contributed by atoms with Crippen molar-refractivity contribution in [2.75, 3.05) is 6.54 Å². The van der Waals surface area contributed by atoms with Gasteiger partial charge in [-0.15, -0.1) is 0 Å². The van der Waals surface area contributed by atoms with Crippen LogP contribution in [0.2, 0.25) is 0 Å². The molecule has 0 unspecified atom stereocenters. The van der Waals surface area contributed by atoms with Crippen LogP contribution in [0.4, 0.5) is 13.2 Å². The molecular weight excluding hydrogens is 333 g/mol. The van der Waals surface area contributed by atoms with E-state index in [9.17, 15) is 26.4 Å². The van der Waals surface area contributed by atoms with Crippen LogP contribution in [0.5, 0.6) is 0 Å². The highest BCUT2D eigenvalue weighted by molar-refractivity contribution is 7.89. The molecule has 1 aliphatic heterocycles. The summed E-state index contributed by atoms with van der Waals surface area (Å²) in [4.78, 5) is 13.2. The van der Waals surface area contributed by atoms with E-state index in [1.807, 2.05) is 0 Å². The molecular formula is C14H15F3N2O3S. The van der Waals surface area contributed by atoms with Crippen molar-refractivity contribution in [3.63, 3.8) is 0 Å². The Morgan fingerprint density at radius 1 is 1.13 bits per heavy atom. The van der Waals surface area contributed by atoms with Crippen LogP contribution in [0, 0.1) is 0 Å². The number of benzene rings is 1. The van der Waals surface area contributed by atoms with Gasteiger partial charge in [0, 0.05) is 25.0 Å². The molecule has 1 aromatic rings. The Morgan fingerprint density at radius 3 is 2.26 bits per heavy atom. The number of sulfonamides is 1. The zero-order chi connectivity index (χ0) is 16.8. The summed E-state index contributed by atoms with van der Waals surface area (Å²) in [5.41, 5.74) is -0.910. The van der Waals surface area contributed by atoms with E-state index in [2.05, 4.69) is 4.72 Å². The average Bonchev–Trinajstić information content (AvgIpc) is 3.22. The topological polar surface area (TPSA) is 66.5 Å². The molecule has 1 heterocycles. The molecule has 0 bridgehead atoms. The van der Waals surface area contributed by atoms with Crippen molar-refractivity contribution in [3.8, 4) is 0 Å². The predicted molar refractivity (Wildman–Crippen MR) is 74.9 cm³/mol. The molecule has 0 radical (unpaired) electrons. The number of halogens is 3. The van der Waals surface area contributed by atoms with Crippen molar-refractivity contribution in [2.45, 2.75) is 42.4 Å². The molecule has 1 aliphatic carbocycles. The fraction of sp³-hybridized carbons (Fsp3) is 0.500. The van der Waals surface area contributed by atoms with Crippen LogP contribution in [0.15, 0.2) is 29.2 Å². The van der Waals surface area contributed by atoms with Gasteiger partial charge >= 0.3 is 6.18 Å². The standard InChI is InChI=1S/C14H15F3N2O3S/c15-14(16,17)9-1-5-12(6-2-9)23(21,22)18-10-7-13(20)19(8-10)11-3-4-11/h1-2,5-6,10-11,18H,3-4,7-8H2/t10-/m0/s1. The van der Waals surface area contributed by atoms with Crippen LogP contribution in [0.3, 0.4) is 0 Å². The van der Waals surface area contributed by atoms with E-state index in [-0.39, 0.29) is 23.3 Å². The van der Waals surface area contributed by atoms with Gasteiger partial charge in [0.15, 0.2) is 0 Å². The smallest absolute Gasteiger partial charge is 0.338 e. The van der Waals surface area contributed by atoms with Crippen molar-refractivity contribution in [2.24, 2.45) is 0 Å². The Balaban J connectivity index is 1.71. The van der Waals surface area contributed by atoms with Crippen LogP contribution >= 0.6 is 0 Å². The minimum absolute atomic E-state index is 0.0797. The van der Waals surface area contributed by atoms with E-state index in [4.69, 9.17) is 0 Å². The van der Waals surface area contributed by atoms with Crippen LogP contribution in [-0.2, 0) is 21.0 Å². The van der Waals surface area contributed by atoms with Gasteiger partial charge in [-0.05, 0) is 37.1 Å². The van der Waals surface area contributed by atoms with Gasteiger partial charge in [0.25, 0.3) is 0 Å².